The van der Waals surface area contributed by atoms with Gasteiger partial charge in [0, 0.05) is 16.8 Å². The third-order valence-corrected chi connectivity index (χ3v) is 5.29. The van der Waals surface area contributed by atoms with E-state index in [0.717, 1.165) is 0 Å². The summed E-state index contributed by atoms with van der Waals surface area (Å²) in [6.45, 7) is 7.00. The summed E-state index contributed by atoms with van der Waals surface area (Å²) in [7, 11) is 0. The molecule has 2 heterocycles. The zero-order chi connectivity index (χ0) is 22.8. The fourth-order valence-electron chi connectivity index (χ4n) is 3.55. The molecule has 1 aliphatic rings. The second-order valence-corrected chi connectivity index (χ2v) is 7.65. The van der Waals surface area contributed by atoms with Gasteiger partial charge >= 0.3 is 0 Å². The molecule has 1 aromatic heterocycles. The molecule has 3 aromatic rings. The van der Waals surface area contributed by atoms with Gasteiger partial charge in [-0.3, -0.25) is 19.5 Å². The lowest BCUT2D eigenvalue weighted by atomic mass is 9.97. The van der Waals surface area contributed by atoms with Crippen molar-refractivity contribution in [3.63, 3.8) is 0 Å². The van der Waals surface area contributed by atoms with Crippen LogP contribution in [0.1, 0.15) is 18.2 Å². The number of rotatable bonds is 5. The number of carbonyl (C=O) groups is 2. The number of aryl methyl sites for hydroxylation is 1. The third-order valence-electron chi connectivity index (χ3n) is 5.29. The molecular formula is C24H23N5O3. The first-order valence-corrected chi connectivity index (χ1v) is 10.2. The molecule has 1 unspecified atom stereocenters. The standard InChI is InChI=1S/C24H23N5O3/c1-15(2)22(30)25-21-20(24(32)29(27-21)18-12-8-5-9-13-18)14-19-16(3)26-28(23(19)31)17-10-6-4-7-11-17/h4-13,20,26H,1,14H2,2-3H3,(H,25,27,30). The number of para-hydroxylation sites is 2. The van der Waals surface area contributed by atoms with Gasteiger partial charge in [-0.25, -0.2) is 4.68 Å². The molecule has 2 amide bonds. The third kappa shape index (κ3) is 3.90. The molecule has 0 radical (unpaired) electrons. The minimum Gasteiger partial charge on any atom is -0.308 e. The van der Waals surface area contributed by atoms with Crippen molar-refractivity contribution in [3.8, 4) is 5.69 Å². The number of carbonyl (C=O) groups excluding carboxylic acids is 2. The lowest BCUT2D eigenvalue weighted by molar-refractivity contribution is -0.119. The average Bonchev–Trinajstić information content (AvgIpc) is 3.26. The van der Waals surface area contributed by atoms with Crippen LogP contribution in [0.15, 0.2) is 82.7 Å². The summed E-state index contributed by atoms with van der Waals surface area (Å²) >= 11 is 0. The maximum atomic E-state index is 13.3. The van der Waals surface area contributed by atoms with Crippen molar-refractivity contribution in [2.24, 2.45) is 11.0 Å². The topological polar surface area (TPSA) is 99.6 Å². The first-order chi connectivity index (χ1) is 15.4. The molecule has 2 aromatic carbocycles. The highest BCUT2D eigenvalue weighted by Crippen LogP contribution is 2.25. The van der Waals surface area contributed by atoms with Crippen LogP contribution in [0.25, 0.3) is 5.69 Å². The van der Waals surface area contributed by atoms with Crippen molar-refractivity contribution >= 4 is 23.3 Å². The summed E-state index contributed by atoms with van der Waals surface area (Å²) < 4.78 is 1.45. The minimum absolute atomic E-state index is 0.0957. The number of hydrogen-bond donors (Lipinski definition) is 2. The van der Waals surface area contributed by atoms with Crippen LogP contribution in [0.3, 0.4) is 0 Å². The van der Waals surface area contributed by atoms with E-state index < -0.39 is 11.8 Å². The van der Waals surface area contributed by atoms with Crippen LogP contribution in [0, 0.1) is 12.8 Å². The number of nitrogens with one attached hydrogen (secondary N) is 2. The first kappa shape index (κ1) is 21.0. The van der Waals surface area contributed by atoms with E-state index in [0.29, 0.717) is 28.2 Å². The molecule has 32 heavy (non-hydrogen) atoms. The SMILES string of the molecule is C=C(C)C(=O)NC1=NN(c2ccccc2)C(=O)C1Cc1c(C)[nH]n(-c2ccccc2)c1=O. The van der Waals surface area contributed by atoms with Gasteiger partial charge in [0.15, 0.2) is 0 Å². The maximum Gasteiger partial charge on any atom is 0.274 e. The van der Waals surface area contributed by atoms with Crippen molar-refractivity contribution in [2.45, 2.75) is 20.3 Å². The zero-order valence-electron chi connectivity index (χ0n) is 17.8. The predicted octanol–water partition coefficient (Wildman–Crippen LogP) is 2.69. The molecule has 8 heteroatoms. The van der Waals surface area contributed by atoms with E-state index in [1.807, 2.05) is 36.4 Å². The quantitative estimate of drug-likeness (QED) is 0.610. The number of amidine groups is 1. The molecule has 4 rings (SSSR count). The predicted molar refractivity (Wildman–Crippen MR) is 123 cm³/mol. The number of aromatic nitrogens is 2. The molecule has 0 bridgehead atoms. The second kappa shape index (κ2) is 8.50. The Bertz CT molecular complexity index is 1270. The van der Waals surface area contributed by atoms with Crippen LogP contribution in [-0.4, -0.2) is 27.4 Å². The van der Waals surface area contributed by atoms with Crippen LogP contribution in [0.4, 0.5) is 5.69 Å². The van der Waals surface area contributed by atoms with Crippen LogP contribution < -0.4 is 15.9 Å². The van der Waals surface area contributed by atoms with Crippen molar-refractivity contribution < 1.29 is 9.59 Å². The normalized spacial score (nSPS) is 15.6. The highest BCUT2D eigenvalue weighted by molar-refractivity contribution is 6.19. The van der Waals surface area contributed by atoms with Crippen molar-refractivity contribution in [1.29, 1.82) is 0 Å². The van der Waals surface area contributed by atoms with E-state index in [4.69, 9.17) is 0 Å². The van der Waals surface area contributed by atoms with Gasteiger partial charge in [0.25, 0.3) is 17.4 Å². The maximum absolute atomic E-state index is 13.3. The molecule has 0 saturated carbocycles. The Kier molecular flexibility index (Phi) is 5.59. The van der Waals surface area contributed by atoms with Crippen molar-refractivity contribution in [3.05, 3.63) is 94.4 Å². The first-order valence-electron chi connectivity index (χ1n) is 10.2. The van der Waals surface area contributed by atoms with Crippen LogP contribution in [-0.2, 0) is 16.0 Å². The van der Waals surface area contributed by atoms with E-state index in [1.165, 1.54) is 9.69 Å². The summed E-state index contributed by atoms with van der Waals surface area (Å²) in [5.74, 6) is -1.37. The van der Waals surface area contributed by atoms with Gasteiger partial charge in [-0.05, 0) is 44.5 Å². The van der Waals surface area contributed by atoms with Gasteiger partial charge in [0.1, 0.15) is 11.8 Å². The molecule has 0 spiro atoms. The monoisotopic (exact) mass is 429 g/mol. The lowest BCUT2D eigenvalue weighted by Crippen LogP contribution is -2.39. The summed E-state index contributed by atoms with van der Waals surface area (Å²) in [5.41, 5.74) is 2.43. The molecular weight excluding hydrogens is 406 g/mol. The molecule has 0 aliphatic carbocycles. The van der Waals surface area contributed by atoms with Gasteiger partial charge in [-0.1, -0.05) is 43.0 Å². The number of H-pyrrole nitrogens is 1. The number of amides is 2. The van der Waals surface area contributed by atoms with Crippen LogP contribution in [0.2, 0.25) is 0 Å². The molecule has 0 fully saturated rings. The Morgan fingerprint density at radius 2 is 1.66 bits per heavy atom. The van der Waals surface area contributed by atoms with Gasteiger partial charge in [-0.2, -0.15) is 10.1 Å². The zero-order valence-corrected chi connectivity index (χ0v) is 17.8. The minimum atomic E-state index is -0.815. The lowest BCUT2D eigenvalue weighted by Gasteiger charge is -2.14. The number of anilines is 1. The van der Waals surface area contributed by atoms with Crippen molar-refractivity contribution in [1.82, 2.24) is 15.1 Å². The van der Waals surface area contributed by atoms with E-state index in [1.54, 1.807) is 38.1 Å². The Hall–Kier alpha value is -4.20. The van der Waals surface area contributed by atoms with E-state index in [2.05, 4.69) is 22.1 Å². The summed E-state index contributed by atoms with van der Waals surface area (Å²) in [5, 5.41) is 11.4. The summed E-state index contributed by atoms with van der Waals surface area (Å²) in [4.78, 5) is 38.7. The molecule has 8 nitrogen and oxygen atoms in total. The fraction of sp³-hybridized carbons (Fsp3) is 0.167. The highest BCUT2D eigenvalue weighted by Gasteiger charge is 2.39. The molecule has 162 valence electrons. The van der Waals surface area contributed by atoms with E-state index >= 15 is 0 Å². The summed E-state index contributed by atoms with van der Waals surface area (Å²) in [6.07, 6.45) is 0.0957. The summed E-state index contributed by atoms with van der Waals surface area (Å²) in [6, 6.07) is 18.1. The average molecular weight is 429 g/mol. The second-order valence-electron chi connectivity index (χ2n) is 7.65. The smallest absolute Gasteiger partial charge is 0.274 e. The largest absolute Gasteiger partial charge is 0.308 e. The number of hydrazone groups is 1. The highest BCUT2D eigenvalue weighted by atomic mass is 16.2. The number of aromatic amines is 1. The Morgan fingerprint density at radius 3 is 2.25 bits per heavy atom. The van der Waals surface area contributed by atoms with Gasteiger partial charge in [0.2, 0.25) is 0 Å². The van der Waals surface area contributed by atoms with Gasteiger partial charge in [0.05, 0.1) is 11.4 Å². The number of benzene rings is 2. The van der Waals surface area contributed by atoms with E-state index in [-0.39, 0.29) is 23.7 Å². The molecule has 1 atom stereocenters. The van der Waals surface area contributed by atoms with Crippen LogP contribution >= 0.6 is 0 Å². The Morgan fingerprint density at radius 1 is 1.06 bits per heavy atom. The van der Waals surface area contributed by atoms with Crippen molar-refractivity contribution in [2.75, 3.05) is 5.01 Å². The number of nitrogens with zero attached hydrogens (tertiary/aromatic N) is 3. The fourth-order valence-corrected chi connectivity index (χ4v) is 3.55. The molecule has 2 N–H and O–H groups in total. The van der Waals surface area contributed by atoms with Gasteiger partial charge in [-0.15, -0.1) is 0 Å². The van der Waals surface area contributed by atoms with Gasteiger partial charge < -0.3 is 5.32 Å². The number of hydrogen-bond acceptors (Lipinski definition) is 4. The van der Waals surface area contributed by atoms with E-state index in [9.17, 15) is 14.4 Å². The molecule has 1 aliphatic heterocycles. The molecule has 0 saturated heterocycles. The van der Waals surface area contributed by atoms with Crippen LogP contribution in [0.5, 0.6) is 0 Å². The Balaban J connectivity index is 1.70. The Labute approximate surface area is 184 Å².